The average Bonchev–Trinajstić information content (AvgIpc) is 2.70. The highest BCUT2D eigenvalue weighted by Gasteiger charge is 2.12. The molecule has 82 valence electrons. The van der Waals surface area contributed by atoms with Gasteiger partial charge in [-0.15, -0.1) is 0 Å². The number of methoxy groups -OCH3 is 1. The Bertz CT molecular complexity index is 505. The molecule has 1 aromatic heterocycles. The molecule has 16 heavy (non-hydrogen) atoms. The maximum absolute atomic E-state index is 10.8. The van der Waals surface area contributed by atoms with Crippen molar-refractivity contribution >= 4 is 17.9 Å². The van der Waals surface area contributed by atoms with E-state index in [1.54, 1.807) is 19.2 Å². The lowest BCUT2D eigenvalue weighted by molar-refractivity contribution is 0.112. The van der Waals surface area contributed by atoms with E-state index in [0.29, 0.717) is 17.5 Å². The molecule has 0 aliphatic rings. The van der Waals surface area contributed by atoms with Gasteiger partial charge >= 0.3 is 0 Å². The van der Waals surface area contributed by atoms with E-state index in [-0.39, 0.29) is 5.15 Å². The molecule has 4 nitrogen and oxygen atoms in total. The van der Waals surface area contributed by atoms with Gasteiger partial charge < -0.3 is 4.74 Å². The Morgan fingerprint density at radius 2 is 2.06 bits per heavy atom. The fourth-order valence-corrected chi connectivity index (χ4v) is 1.58. The van der Waals surface area contributed by atoms with Gasteiger partial charge in [-0.3, -0.25) is 9.89 Å². The molecule has 0 saturated carbocycles. The number of benzene rings is 1. The molecule has 0 unspecified atom stereocenters. The summed E-state index contributed by atoms with van der Waals surface area (Å²) in [6.07, 6.45) is 0.686. The predicted octanol–water partition coefficient (Wildman–Crippen LogP) is 2.55. The third-order valence-corrected chi connectivity index (χ3v) is 2.53. The molecule has 5 heteroatoms. The molecule has 0 radical (unpaired) electrons. The molecule has 1 aromatic carbocycles. The zero-order chi connectivity index (χ0) is 11.5. The lowest BCUT2D eigenvalue weighted by Crippen LogP contribution is -1.86. The van der Waals surface area contributed by atoms with Crippen LogP contribution in [0.1, 0.15) is 10.4 Å². The number of ether oxygens (including phenoxy) is 1. The quantitative estimate of drug-likeness (QED) is 0.834. The monoisotopic (exact) mass is 236 g/mol. The predicted molar refractivity (Wildman–Crippen MR) is 61.0 cm³/mol. The number of aromatic nitrogens is 2. The highest BCUT2D eigenvalue weighted by Crippen LogP contribution is 2.26. The van der Waals surface area contributed by atoms with Crippen LogP contribution in [0.3, 0.4) is 0 Å². The minimum Gasteiger partial charge on any atom is -0.497 e. The minimum absolute atomic E-state index is 0.251. The number of hydrogen-bond donors (Lipinski definition) is 1. The van der Waals surface area contributed by atoms with Crippen LogP contribution in [-0.4, -0.2) is 23.6 Å². The second kappa shape index (κ2) is 4.37. The number of carbonyl (C=O) groups is 1. The van der Waals surface area contributed by atoms with E-state index in [0.717, 1.165) is 11.3 Å². The fraction of sp³-hybridized carbons (Fsp3) is 0.0909. The van der Waals surface area contributed by atoms with Crippen molar-refractivity contribution in [3.05, 3.63) is 35.0 Å². The first-order chi connectivity index (χ1) is 7.76. The smallest absolute Gasteiger partial charge is 0.155 e. The van der Waals surface area contributed by atoms with E-state index in [4.69, 9.17) is 16.3 Å². The van der Waals surface area contributed by atoms with Gasteiger partial charge in [0.1, 0.15) is 16.6 Å². The highest BCUT2D eigenvalue weighted by atomic mass is 35.5. The number of nitrogens with one attached hydrogen (secondary N) is 1. The molecular weight excluding hydrogens is 228 g/mol. The van der Waals surface area contributed by atoms with Gasteiger partial charge in [0.25, 0.3) is 0 Å². The minimum atomic E-state index is 0.251. The summed E-state index contributed by atoms with van der Waals surface area (Å²) in [5, 5.41) is 6.80. The van der Waals surface area contributed by atoms with E-state index in [9.17, 15) is 4.79 Å². The second-order valence-electron chi connectivity index (χ2n) is 3.15. The van der Waals surface area contributed by atoms with Crippen molar-refractivity contribution in [2.75, 3.05) is 7.11 Å². The van der Waals surface area contributed by atoms with Crippen molar-refractivity contribution in [1.82, 2.24) is 10.2 Å². The van der Waals surface area contributed by atoms with Crippen LogP contribution in [0.5, 0.6) is 5.75 Å². The third kappa shape index (κ3) is 1.79. The highest BCUT2D eigenvalue weighted by molar-refractivity contribution is 6.32. The molecule has 2 rings (SSSR count). The lowest BCUT2D eigenvalue weighted by atomic mass is 10.1. The molecule has 1 N–H and O–H groups in total. The van der Waals surface area contributed by atoms with Crippen molar-refractivity contribution in [2.24, 2.45) is 0 Å². The first-order valence-electron chi connectivity index (χ1n) is 4.59. The van der Waals surface area contributed by atoms with Gasteiger partial charge in [-0.2, -0.15) is 5.10 Å². The summed E-state index contributed by atoms with van der Waals surface area (Å²) in [6, 6.07) is 7.23. The Labute approximate surface area is 97.2 Å². The normalized spacial score (nSPS) is 10.1. The number of carbonyl (C=O) groups excluding carboxylic acids is 1. The molecule has 0 fully saturated rings. The standard InChI is InChI=1S/C11H9ClN2O2/c1-16-8-4-2-7(3-5-8)10-9(6-15)11(12)14-13-10/h2-6H,1H3,(H,13,14). The number of nitrogens with zero attached hydrogens (tertiary/aromatic N) is 1. The van der Waals surface area contributed by atoms with Crippen molar-refractivity contribution < 1.29 is 9.53 Å². The van der Waals surface area contributed by atoms with Crippen LogP contribution in [0.2, 0.25) is 5.15 Å². The zero-order valence-electron chi connectivity index (χ0n) is 8.53. The molecule has 0 aliphatic heterocycles. The number of aldehydes is 1. The SMILES string of the molecule is COc1ccc(-c2n[nH]c(Cl)c2C=O)cc1. The first-order valence-corrected chi connectivity index (χ1v) is 4.97. The van der Waals surface area contributed by atoms with Gasteiger partial charge in [-0.05, 0) is 24.3 Å². The van der Waals surface area contributed by atoms with E-state index in [1.807, 2.05) is 12.1 Å². The number of halogens is 1. The first kappa shape index (κ1) is 10.7. The number of aromatic amines is 1. The summed E-state index contributed by atoms with van der Waals surface area (Å²) in [5.41, 5.74) is 1.72. The van der Waals surface area contributed by atoms with Gasteiger partial charge in [0.2, 0.25) is 0 Å². The molecule has 0 saturated heterocycles. The largest absolute Gasteiger partial charge is 0.497 e. The maximum atomic E-state index is 10.8. The average molecular weight is 237 g/mol. The van der Waals surface area contributed by atoms with Crippen LogP contribution in [0.15, 0.2) is 24.3 Å². The van der Waals surface area contributed by atoms with Crippen molar-refractivity contribution in [3.8, 4) is 17.0 Å². The van der Waals surface area contributed by atoms with Crippen LogP contribution in [0.4, 0.5) is 0 Å². The van der Waals surface area contributed by atoms with Gasteiger partial charge in [0.05, 0.1) is 12.7 Å². The lowest BCUT2D eigenvalue weighted by Gasteiger charge is -2.01. The Morgan fingerprint density at radius 1 is 1.38 bits per heavy atom. The van der Waals surface area contributed by atoms with E-state index in [2.05, 4.69) is 10.2 Å². The molecule has 0 spiro atoms. The van der Waals surface area contributed by atoms with Crippen molar-refractivity contribution in [2.45, 2.75) is 0 Å². The van der Waals surface area contributed by atoms with Crippen molar-refractivity contribution in [3.63, 3.8) is 0 Å². The Hall–Kier alpha value is -1.81. The summed E-state index contributed by atoms with van der Waals surface area (Å²) in [4.78, 5) is 10.8. The van der Waals surface area contributed by atoms with Crippen LogP contribution >= 0.6 is 11.6 Å². The summed E-state index contributed by atoms with van der Waals surface area (Å²) in [5.74, 6) is 0.748. The maximum Gasteiger partial charge on any atom is 0.155 e. The van der Waals surface area contributed by atoms with Crippen molar-refractivity contribution in [1.29, 1.82) is 0 Å². The molecule has 1 heterocycles. The molecule has 0 amide bonds. The molecule has 0 aliphatic carbocycles. The summed E-state index contributed by atoms with van der Waals surface area (Å²) in [7, 11) is 1.59. The van der Waals surface area contributed by atoms with E-state index < -0.39 is 0 Å². The molecular formula is C11H9ClN2O2. The summed E-state index contributed by atoms with van der Waals surface area (Å²) >= 11 is 5.78. The molecule has 0 bridgehead atoms. The van der Waals surface area contributed by atoms with Gasteiger partial charge in [-0.25, -0.2) is 0 Å². The van der Waals surface area contributed by atoms with E-state index >= 15 is 0 Å². The molecule has 0 atom stereocenters. The van der Waals surface area contributed by atoms with Gasteiger partial charge in [0, 0.05) is 5.56 Å². The van der Waals surface area contributed by atoms with Gasteiger partial charge in [0.15, 0.2) is 6.29 Å². The number of rotatable bonds is 3. The Morgan fingerprint density at radius 3 is 2.62 bits per heavy atom. The zero-order valence-corrected chi connectivity index (χ0v) is 9.28. The molecule has 2 aromatic rings. The topological polar surface area (TPSA) is 55.0 Å². The third-order valence-electron chi connectivity index (χ3n) is 2.24. The Kier molecular flexibility index (Phi) is 2.92. The van der Waals surface area contributed by atoms with Crippen LogP contribution in [-0.2, 0) is 0 Å². The summed E-state index contributed by atoms with van der Waals surface area (Å²) < 4.78 is 5.04. The van der Waals surface area contributed by atoms with E-state index in [1.165, 1.54) is 0 Å². The van der Waals surface area contributed by atoms with Gasteiger partial charge in [-0.1, -0.05) is 11.6 Å². The van der Waals surface area contributed by atoms with Crippen LogP contribution in [0, 0.1) is 0 Å². The Balaban J connectivity index is 2.46. The second-order valence-corrected chi connectivity index (χ2v) is 3.52. The van der Waals surface area contributed by atoms with Crippen LogP contribution < -0.4 is 4.74 Å². The summed E-state index contributed by atoms with van der Waals surface area (Å²) in [6.45, 7) is 0. The van der Waals surface area contributed by atoms with Crippen LogP contribution in [0.25, 0.3) is 11.3 Å². The number of H-pyrrole nitrogens is 1. The fourth-order valence-electron chi connectivity index (χ4n) is 1.41. The number of hydrogen-bond acceptors (Lipinski definition) is 3.